The van der Waals surface area contributed by atoms with Gasteiger partial charge in [-0.1, -0.05) is 0 Å². The lowest BCUT2D eigenvalue weighted by Crippen LogP contribution is -2.35. The number of alkyl halides is 3. The molecule has 6 heteroatoms. The van der Waals surface area contributed by atoms with E-state index >= 15 is 0 Å². The summed E-state index contributed by atoms with van der Waals surface area (Å²) in [6, 6.07) is 1.96. The number of aromatic nitrogens is 1. The molecule has 3 nitrogen and oxygen atoms in total. The maximum absolute atomic E-state index is 12.7. The average Bonchev–Trinajstić information content (AvgIpc) is 2.81. The van der Waals surface area contributed by atoms with Gasteiger partial charge in [-0.15, -0.1) is 0 Å². The van der Waals surface area contributed by atoms with Gasteiger partial charge in [-0.25, -0.2) is 4.98 Å². The number of hydrogen-bond donors (Lipinski definition) is 1. The summed E-state index contributed by atoms with van der Waals surface area (Å²) in [5, 5.41) is 3.35. The van der Waals surface area contributed by atoms with Gasteiger partial charge in [0.05, 0.1) is 5.56 Å². The van der Waals surface area contributed by atoms with Crippen LogP contribution in [0.4, 0.5) is 13.2 Å². The average molecular weight is 300 g/mol. The molecule has 1 aliphatic carbocycles. The van der Waals surface area contributed by atoms with Crippen LogP contribution in [0, 0.1) is 5.41 Å². The molecule has 1 aliphatic heterocycles. The zero-order chi connectivity index (χ0) is 14.9. The molecule has 1 spiro atoms. The summed E-state index contributed by atoms with van der Waals surface area (Å²) in [5.41, 5.74) is -0.389. The minimum Gasteiger partial charge on any atom is -0.474 e. The highest BCUT2D eigenvalue weighted by Gasteiger charge is 2.41. The zero-order valence-electron chi connectivity index (χ0n) is 11.7. The molecule has 0 aromatic carbocycles. The molecular weight excluding hydrogens is 281 g/mol. The highest BCUT2D eigenvalue weighted by Crippen LogP contribution is 2.46. The van der Waals surface area contributed by atoms with Crippen molar-refractivity contribution in [3.63, 3.8) is 0 Å². The third kappa shape index (κ3) is 3.31. The van der Waals surface area contributed by atoms with E-state index in [2.05, 4.69) is 10.3 Å². The lowest BCUT2D eigenvalue weighted by molar-refractivity contribution is -0.137. The monoisotopic (exact) mass is 300 g/mol. The van der Waals surface area contributed by atoms with Gasteiger partial charge in [-0.3, -0.25) is 0 Å². The Balaban J connectivity index is 1.65. The second-order valence-corrected chi connectivity index (χ2v) is 6.11. The Bertz CT molecular complexity index is 498. The summed E-state index contributed by atoms with van der Waals surface area (Å²) in [4.78, 5) is 3.92. The Morgan fingerprint density at radius 2 is 2.00 bits per heavy atom. The molecule has 1 aromatic rings. The van der Waals surface area contributed by atoms with Crippen LogP contribution in [0.1, 0.15) is 37.7 Å². The molecule has 1 saturated heterocycles. The van der Waals surface area contributed by atoms with E-state index in [-0.39, 0.29) is 12.0 Å². The van der Waals surface area contributed by atoms with Crippen LogP contribution < -0.4 is 10.1 Å². The van der Waals surface area contributed by atoms with Crippen molar-refractivity contribution in [2.24, 2.45) is 5.41 Å². The van der Waals surface area contributed by atoms with Crippen molar-refractivity contribution in [2.75, 3.05) is 13.1 Å². The molecule has 1 unspecified atom stereocenters. The summed E-state index contributed by atoms with van der Waals surface area (Å²) < 4.78 is 43.7. The standard InChI is InChI=1S/C15H19F3N2O/c16-15(17,18)11-2-6-20-13(9-11)21-12-1-3-14(10-12)4-7-19-8-5-14/h2,6,9,12,19H,1,3-5,7-8,10H2. The first kappa shape index (κ1) is 14.6. The molecule has 116 valence electrons. The van der Waals surface area contributed by atoms with Crippen LogP contribution in [0.25, 0.3) is 0 Å². The molecule has 1 aromatic heterocycles. The largest absolute Gasteiger partial charge is 0.474 e. The van der Waals surface area contributed by atoms with Gasteiger partial charge < -0.3 is 10.1 Å². The number of pyridine rings is 1. The first-order valence-electron chi connectivity index (χ1n) is 7.38. The minimum absolute atomic E-state index is 0.0147. The van der Waals surface area contributed by atoms with E-state index in [1.54, 1.807) is 0 Å². The molecule has 1 saturated carbocycles. The van der Waals surface area contributed by atoms with Crippen LogP contribution in [-0.4, -0.2) is 24.2 Å². The van der Waals surface area contributed by atoms with E-state index in [1.165, 1.54) is 0 Å². The van der Waals surface area contributed by atoms with Crippen molar-refractivity contribution in [1.82, 2.24) is 10.3 Å². The predicted molar refractivity (Wildman–Crippen MR) is 72.0 cm³/mol. The first-order valence-corrected chi connectivity index (χ1v) is 7.38. The van der Waals surface area contributed by atoms with Gasteiger partial charge >= 0.3 is 6.18 Å². The predicted octanol–water partition coefficient (Wildman–Crippen LogP) is 3.40. The molecule has 0 radical (unpaired) electrons. The SMILES string of the molecule is FC(F)(F)c1ccnc(OC2CCC3(CCNCC3)C2)c1. The van der Waals surface area contributed by atoms with Gasteiger partial charge in [0.2, 0.25) is 5.88 Å². The summed E-state index contributed by atoms with van der Waals surface area (Å²) in [6.45, 7) is 2.04. The van der Waals surface area contributed by atoms with E-state index < -0.39 is 11.7 Å². The van der Waals surface area contributed by atoms with Crippen LogP contribution in [0.5, 0.6) is 5.88 Å². The summed E-state index contributed by atoms with van der Waals surface area (Å²) in [5.74, 6) is 0.0841. The summed E-state index contributed by atoms with van der Waals surface area (Å²) in [6.07, 6.45) is 1.97. The molecule has 21 heavy (non-hydrogen) atoms. The maximum Gasteiger partial charge on any atom is 0.416 e. The molecule has 0 bridgehead atoms. The van der Waals surface area contributed by atoms with E-state index in [1.807, 2.05) is 0 Å². The topological polar surface area (TPSA) is 34.1 Å². The maximum atomic E-state index is 12.7. The van der Waals surface area contributed by atoms with Crippen molar-refractivity contribution in [3.8, 4) is 5.88 Å². The van der Waals surface area contributed by atoms with Crippen LogP contribution in [-0.2, 0) is 6.18 Å². The molecule has 0 amide bonds. The molecule has 1 atom stereocenters. The van der Waals surface area contributed by atoms with Crippen molar-refractivity contribution in [1.29, 1.82) is 0 Å². The Kier molecular flexibility index (Phi) is 3.82. The smallest absolute Gasteiger partial charge is 0.416 e. The second kappa shape index (κ2) is 5.48. The molecule has 3 rings (SSSR count). The fourth-order valence-electron chi connectivity index (χ4n) is 3.49. The lowest BCUT2D eigenvalue weighted by Gasteiger charge is -2.33. The van der Waals surface area contributed by atoms with E-state index in [0.29, 0.717) is 5.41 Å². The number of rotatable bonds is 2. The summed E-state index contributed by atoms with van der Waals surface area (Å²) in [7, 11) is 0. The molecule has 1 N–H and O–H groups in total. The van der Waals surface area contributed by atoms with Crippen LogP contribution in [0.15, 0.2) is 18.3 Å². The Morgan fingerprint density at radius 1 is 1.24 bits per heavy atom. The fraction of sp³-hybridized carbons (Fsp3) is 0.667. The zero-order valence-corrected chi connectivity index (χ0v) is 11.7. The highest BCUT2D eigenvalue weighted by atomic mass is 19.4. The van der Waals surface area contributed by atoms with Crippen molar-refractivity contribution < 1.29 is 17.9 Å². The van der Waals surface area contributed by atoms with E-state index in [0.717, 1.165) is 63.5 Å². The fourth-order valence-corrected chi connectivity index (χ4v) is 3.49. The number of piperidine rings is 1. The normalized spacial score (nSPS) is 25.2. The minimum atomic E-state index is -4.35. The first-order chi connectivity index (χ1) is 9.97. The second-order valence-electron chi connectivity index (χ2n) is 6.11. The third-order valence-corrected chi connectivity index (χ3v) is 4.67. The Labute approximate surface area is 121 Å². The van der Waals surface area contributed by atoms with E-state index in [9.17, 15) is 13.2 Å². The van der Waals surface area contributed by atoms with Gasteiger partial charge in [0.15, 0.2) is 0 Å². The number of nitrogens with zero attached hydrogens (tertiary/aromatic N) is 1. The van der Waals surface area contributed by atoms with Crippen LogP contribution in [0.3, 0.4) is 0 Å². The van der Waals surface area contributed by atoms with Crippen LogP contribution in [0.2, 0.25) is 0 Å². The Hall–Kier alpha value is -1.30. The number of ether oxygens (including phenoxy) is 1. The molecular formula is C15H19F3N2O. The Morgan fingerprint density at radius 3 is 2.71 bits per heavy atom. The quantitative estimate of drug-likeness (QED) is 0.909. The number of hydrogen-bond acceptors (Lipinski definition) is 3. The third-order valence-electron chi connectivity index (χ3n) is 4.67. The van der Waals surface area contributed by atoms with Gasteiger partial charge in [0.25, 0.3) is 0 Å². The molecule has 2 fully saturated rings. The summed E-state index contributed by atoms with van der Waals surface area (Å²) >= 11 is 0. The van der Waals surface area contributed by atoms with Gasteiger partial charge in [-0.2, -0.15) is 13.2 Å². The van der Waals surface area contributed by atoms with Crippen molar-refractivity contribution in [2.45, 2.75) is 44.4 Å². The van der Waals surface area contributed by atoms with Crippen LogP contribution >= 0.6 is 0 Å². The van der Waals surface area contributed by atoms with Gasteiger partial charge in [-0.05, 0) is 56.7 Å². The number of nitrogens with one attached hydrogen (secondary N) is 1. The number of halogens is 3. The molecule has 2 aliphatic rings. The molecule has 2 heterocycles. The highest BCUT2D eigenvalue weighted by molar-refractivity contribution is 5.23. The van der Waals surface area contributed by atoms with Gasteiger partial charge in [0, 0.05) is 12.3 Å². The van der Waals surface area contributed by atoms with E-state index in [4.69, 9.17) is 4.74 Å². The van der Waals surface area contributed by atoms with Gasteiger partial charge in [0.1, 0.15) is 6.10 Å². The van der Waals surface area contributed by atoms with Crippen molar-refractivity contribution in [3.05, 3.63) is 23.9 Å². The lowest BCUT2D eigenvalue weighted by atomic mass is 9.77. The van der Waals surface area contributed by atoms with Crippen molar-refractivity contribution >= 4 is 0 Å².